The van der Waals surface area contributed by atoms with E-state index in [2.05, 4.69) is 26.7 Å². The summed E-state index contributed by atoms with van der Waals surface area (Å²) in [5, 5.41) is 10.5. The van der Waals surface area contributed by atoms with Crippen molar-refractivity contribution < 1.29 is 14.7 Å². The lowest BCUT2D eigenvalue weighted by Crippen LogP contribution is -2.38. The zero-order valence-electron chi connectivity index (χ0n) is 16.1. The number of likely N-dealkylation sites (tertiary alicyclic amines) is 1. The number of nitrogens with zero attached hydrogens (tertiary/aromatic N) is 4. The first-order valence-electron chi connectivity index (χ1n) is 9.41. The summed E-state index contributed by atoms with van der Waals surface area (Å²) in [6.45, 7) is 2.22. The number of anilines is 1. The van der Waals surface area contributed by atoms with Crippen LogP contribution >= 0.6 is 0 Å². The van der Waals surface area contributed by atoms with Gasteiger partial charge in [0.1, 0.15) is 11.5 Å². The van der Waals surface area contributed by atoms with Gasteiger partial charge in [0.15, 0.2) is 5.82 Å². The van der Waals surface area contributed by atoms with Gasteiger partial charge in [-0.05, 0) is 18.6 Å². The van der Waals surface area contributed by atoms with Gasteiger partial charge in [0, 0.05) is 50.3 Å². The quantitative estimate of drug-likeness (QED) is 0.733. The summed E-state index contributed by atoms with van der Waals surface area (Å²) in [6, 6.07) is 8.74. The Hall–Kier alpha value is -3.44. The van der Waals surface area contributed by atoms with Gasteiger partial charge in [-0.3, -0.25) is 9.59 Å². The third-order valence-corrected chi connectivity index (χ3v) is 5.19. The Morgan fingerprint density at radius 3 is 2.66 bits per heavy atom. The lowest BCUT2D eigenvalue weighted by atomic mass is 10.0. The molecule has 2 fully saturated rings. The molecule has 29 heavy (non-hydrogen) atoms. The number of benzene rings is 1. The molecule has 148 valence electrons. The molecule has 2 amide bonds. The first kappa shape index (κ1) is 18.9. The third kappa shape index (κ3) is 3.65. The molecular weight excluding hydrogens is 370 g/mol. The summed E-state index contributed by atoms with van der Waals surface area (Å²) >= 11 is 0. The van der Waals surface area contributed by atoms with Gasteiger partial charge in [0.25, 0.3) is 11.8 Å². The summed E-state index contributed by atoms with van der Waals surface area (Å²) in [5.74, 6) is 5.62. The number of aliphatic hydroxyl groups is 1. The Bertz CT molecular complexity index is 1050. The van der Waals surface area contributed by atoms with Gasteiger partial charge in [-0.15, -0.1) is 0 Å². The molecule has 8 heteroatoms. The molecule has 1 aromatic carbocycles. The van der Waals surface area contributed by atoms with E-state index in [1.54, 1.807) is 31.3 Å². The zero-order valence-corrected chi connectivity index (χ0v) is 16.1. The molecule has 0 spiro atoms. The van der Waals surface area contributed by atoms with Crippen molar-refractivity contribution in [2.75, 3.05) is 31.6 Å². The number of likely N-dealkylation sites (N-methyl/N-ethyl adjacent to an activating group) is 1. The maximum atomic E-state index is 12.1. The van der Waals surface area contributed by atoms with Crippen LogP contribution in [0.2, 0.25) is 0 Å². The lowest BCUT2D eigenvalue weighted by molar-refractivity contribution is -0.137. The minimum absolute atomic E-state index is 0.155. The molecule has 0 radical (unpaired) electrons. The normalized spacial score (nSPS) is 20.8. The zero-order chi connectivity index (χ0) is 20.6. The van der Waals surface area contributed by atoms with Crippen LogP contribution in [0.3, 0.4) is 0 Å². The van der Waals surface area contributed by atoms with E-state index in [1.165, 1.54) is 4.90 Å². The van der Waals surface area contributed by atoms with E-state index in [0.29, 0.717) is 29.3 Å². The second-order valence-corrected chi connectivity index (χ2v) is 7.31. The van der Waals surface area contributed by atoms with Crippen LogP contribution in [0.1, 0.15) is 28.9 Å². The summed E-state index contributed by atoms with van der Waals surface area (Å²) in [5.41, 5.74) is 5.22. The van der Waals surface area contributed by atoms with Crippen molar-refractivity contribution >= 4 is 17.6 Å². The summed E-state index contributed by atoms with van der Waals surface area (Å²) in [6.07, 6.45) is 1.35. The van der Waals surface area contributed by atoms with Crippen LogP contribution in [0, 0.1) is 11.8 Å². The van der Waals surface area contributed by atoms with Gasteiger partial charge in [0.05, 0.1) is 0 Å². The van der Waals surface area contributed by atoms with Crippen LogP contribution in [-0.2, 0) is 4.79 Å². The molecule has 2 saturated heterocycles. The summed E-state index contributed by atoms with van der Waals surface area (Å²) in [7, 11) is 1.64. The molecule has 0 aliphatic carbocycles. The van der Waals surface area contributed by atoms with Crippen molar-refractivity contribution in [3.63, 3.8) is 0 Å². The number of aromatic nitrogens is 2. The van der Waals surface area contributed by atoms with Gasteiger partial charge in [0.2, 0.25) is 5.60 Å². The van der Waals surface area contributed by atoms with Crippen molar-refractivity contribution in [1.29, 1.82) is 0 Å². The van der Waals surface area contributed by atoms with Gasteiger partial charge < -0.3 is 20.6 Å². The fourth-order valence-corrected chi connectivity index (χ4v) is 3.28. The van der Waals surface area contributed by atoms with E-state index in [0.717, 1.165) is 19.5 Å². The molecule has 0 saturated carbocycles. The maximum Gasteiger partial charge on any atom is 0.267 e. The van der Waals surface area contributed by atoms with Crippen LogP contribution in [-0.4, -0.2) is 64.1 Å². The highest BCUT2D eigenvalue weighted by Crippen LogP contribution is 2.24. The maximum absolute atomic E-state index is 12.1. The highest BCUT2D eigenvalue weighted by molar-refractivity contribution is 5.92. The van der Waals surface area contributed by atoms with Gasteiger partial charge in [-0.25, -0.2) is 9.97 Å². The molecule has 1 atom stereocenters. The monoisotopic (exact) mass is 391 g/mol. The Balaban J connectivity index is 1.68. The molecule has 8 nitrogen and oxygen atoms in total. The largest absolute Gasteiger partial charge is 0.369 e. The van der Waals surface area contributed by atoms with Crippen LogP contribution < -0.4 is 10.6 Å². The SMILES string of the molecule is CN1CC[C@@](O)(C#Cc2cccc(-c3nc(C(N)=O)cc(N4CCC4)n3)c2)C1=O. The Kier molecular flexibility index (Phi) is 4.68. The van der Waals surface area contributed by atoms with E-state index in [1.807, 2.05) is 6.07 Å². The van der Waals surface area contributed by atoms with E-state index >= 15 is 0 Å². The van der Waals surface area contributed by atoms with Gasteiger partial charge in [-0.2, -0.15) is 0 Å². The van der Waals surface area contributed by atoms with E-state index < -0.39 is 17.4 Å². The lowest BCUT2D eigenvalue weighted by Gasteiger charge is -2.32. The number of rotatable bonds is 3. The number of nitrogens with two attached hydrogens (primary N) is 1. The molecule has 3 N–H and O–H groups in total. The molecule has 2 aliphatic rings. The average molecular weight is 391 g/mol. The van der Waals surface area contributed by atoms with E-state index in [4.69, 9.17) is 5.73 Å². The highest BCUT2D eigenvalue weighted by Gasteiger charge is 2.42. The van der Waals surface area contributed by atoms with Crippen molar-refractivity contribution in [2.45, 2.75) is 18.4 Å². The Morgan fingerprint density at radius 1 is 1.24 bits per heavy atom. The number of carbonyl (C=O) groups is 2. The third-order valence-electron chi connectivity index (χ3n) is 5.19. The summed E-state index contributed by atoms with van der Waals surface area (Å²) < 4.78 is 0. The molecule has 0 unspecified atom stereocenters. The average Bonchev–Trinajstić information content (AvgIpc) is 2.93. The second kappa shape index (κ2) is 7.18. The number of hydrogen-bond donors (Lipinski definition) is 2. The number of hydrogen-bond acceptors (Lipinski definition) is 6. The van der Waals surface area contributed by atoms with E-state index in [9.17, 15) is 14.7 Å². The van der Waals surface area contributed by atoms with Crippen LogP contribution in [0.25, 0.3) is 11.4 Å². The van der Waals surface area contributed by atoms with Crippen LogP contribution in [0.4, 0.5) is 5.82 Å². The van der Waals surface area contributed by atoms with E-state index in [-0.39, 0.29) is 12.1 Å². The smallest absolute Gasteiger partial charge is 0.267 e. The van der Waals surface area contributed by atoms with Crippen molar-refractivity contribution in [2.24, 2.45) is 5.73 Å². The van der Waals surface area contributed by atoms with Gasteiger partial charge in [-0.1, -0.05) is 24.0 Å². The molecule has 3 heterocycles. The van der Waals surface area contributed by atoms with Crippen molar-refractivity contribution in [1.82, 2.24) is 14.9 Å². The highest BCUT2D eigenvalue weighted by atomic mass is 16.3. The van der Waals surface area contributed by atoms with Crippen LogP contribution in [0.15, 0.2) is 30.3 Å². The molecule has 0 bridgehead atoms. The minimum atomic E-state index is -1.65. The predicted molar refractivity (Wildman–Crippen MR) is 107 cm³/mol. The molecule has 2 aliphatic heterocycles. The second-order valence-electron chi connectivity index (χ2n) is 7.31. The Morgan fingerprint density at radius 2 is 2.03 bits per heavy atom. The molecule has 4 rings (SSSR count). The Labute approximate surface area is 168 Å². The van der Waals surface area contributed by atoms with Gasteiger partial charge >= 0.3 is 0 Å². The fourth-order valence-electron chi connectivity index (χ4n) is 3.28. The number of amides is 2. The van der Waals surface area contributed by atoms with Crippen LogP contribution in [0.5, 0.6) is 0 Å². The minimum Gasteiger partial charge on any atom is -0.369 e. The standard InChI is InChI=1S/C21H21N5O3/c1-25-11-8-21(29,20(25)28)7-6-14-4-2-5-15(12-14)19-23-16(18(22)27)13-17(24-19)26-9-3-10-26/h2,4-5,12-13,29H,3,8-11H2,1H3,(H2,22,27)/t21-/m0/s1. The molecular formula is C21H21N5O3. The first-order valence-corrected chi connectivity index (χ1v) is 9.41. The number of primary amides is 1. The van der Waals surface area contributed by atoms with Crippen molar-refractivity contribution in [3.8, 4) is 23.2 Å². The fraction of sp³-hybridized carbons (Fsp3) is 0.333. The predicted octanol–water partition coefficient (Wildman–Crippen LogP) is 0.397. The first-order chi connectivity index (χ1) is 13.9. The molecule has 1 aromatic heterocycles. The molecule has 2 aromatic rings. The number of carbonyl (C=O) groups excluding carboxylic acids is 2. The summed E-state index contributed by atoms with van der Waals surface area (Å²) in [4.78, 5) is 36.2. The van der Waals surface area contributed by atoms with Crippen molar-refractivity contribution in [3.05, 3.63) is 41.6 Å². The topological polar surface area (TPSA) is 113 Å².